The Labute approximate surface area is 331 Å². The zero-order chi connectivity index (χ0) is 42.0. The van der Waals surface area contributed by atoms with Gasteiger partial charge in [-0.3, -0.25) is 14.8 Å². The van der Waals surface area contributed by atoms with Crippen molar-refractivity contribution < 1.29 is 0 Å². The summed E-state index contributed by atoms with van der Waals surface area (Å²) in [6.07, 6.45) is 5.05. The highest BCUT2D eigenvalue weighted by molar-refractivity contribution is 6.06. The molecule has 0 aliphatic carbocycles. The van der Waals surface area contributed by atoms with Crippen molar-refractivity contribution in [3.8, 4) is 0 Å². The van der Waals surface area contributed by atoms with Gasteiger partial charge in [0.2, 0.25) is 0 Å². The Kier molecular flexibility index (Phi) is 28.8. The minimum Gasteiger partial charge on any atom is -0.355 e. The monoisotopic (exact) mass is 760 g/mol. The van der Waals surface area contributed by atoms with E-state index in [2.05, 4.69) is 108 Å². The van der Waals surface area contributed by atoms with E-state index in [0.717, 1.165) is 28.9 Å². The van der Waals surface area contributed by atoms with E-state index in [0.29, 0.717) is 17.6 Å². The van der Waals surface area contributed by atoms with Crippen LogP contribution in [0.15, 0.2) is 157 Å². The van der Waals surface area contributed by atoms with Crippen LogP contribution in [0.5, 0.6) is 0 Å². The molecule has 0 saturated carbocycles. The van der Waals surface area contributed by atoms with Crippen molar-refractivity contribution in [2.45, 2.75) is 12.8 Å². The number of benzene rings is 4. The van der Waals surface area contributed by atoms with Crippen molar-refractivity contribution in [1.29, 1.82) is 0 Å². The first-order valence-electron chi connectivity index (χ1n) is 18.0. The van der Waals surface area contributed by atoms with Crippen molar-refractivity contribution in [3.63, 3.8) is 0 Å². The van der Waals surface area contributed by atoms with Crippen LogP contribution in [0.1, 0.15) is 22.8 Å². The molecule has 0 aliphatic heterocycles. The molecule has 0 spiro atoms. The number of hydrogen-bond acceptors (Lipinski definition) is 10. The van der Waals surface area contributed by atoms with Crippen LogP contribution in [0.25, 0.3) is 32.7 Å². The number of pyridine rings is 2. The van der Waals surface area contributed by atoms with Crippen LogP contribution >= 0.6 is 0 Å². The van der Waals surface area contributed by atoms with Crippen molar-refractivity contribution in [1.82, 2.24) is 24.9 Å². The molecule has 0 fully saturated rings. The molecule has 298 valence electrons. The molecule has 8 aromatic rings. The Morgan fingerprint density at radius 3 is 1.30 bits per heavy atom. The van der Waals surface area contributed by atoms with Gasteiger partial charge in [-0.15, -0.1) is 0 Å². The van der Waals surface area contributed by atoms with Gasteiger partial charge in [-0.05, 0) is 96.4 Å². The third-order valence-corrected chi connectivity index (χ3v) is 7.10. The van der Waals surface area contributed by atoms with Crippen molar-refractivity contribution in [2.75, 3.05) is 42.3 Å². The van der Waals surface area contributed by atoms with Crippen molar-refractivity contribution in [2.24, 2.45) is 34.4 Å². The normalized spacial score (nSPS) is 8.93. The molecule has 4 heterocycles. The summed E-state index contributed by atoms with van der Waals surface area (Å²) in [7, 11) is 9.00. The Morgan fingerprint density at radius 1 is 0.429 bits per heavy atom. The van der Waals surface area contributed by atoms with E-state index >= 15 is 0 Å². The summed E-state index contributed by atoms with van der Waals surface area (Å²) < 4.78 is 0. The molecule has 0 atom stereocenters. The smallest absolute Gasteiger partial charge is 0.258 e. The molecular weight excluding hydrogens is 699 g/mol. The average Bonchev–Trinajstić information content (AvgIpc) is 3.68. The van der Waals surface area contributed by atoms with Crippen LogP contribution in [0.4, 0.5) is 0 Å². The maximum absolute atomic E-state index is 11.9. The largest absolute Gasteiger partial charge is 0.355 e. The minimum atomic E-state index is -0.0773. The fraction of sp³-hybridized carbons (Fsp3) is 0.182. The Balaban J connectivity index is 0.000000722. The highest BCUT2D eigenvalue weighted by Crippen LogP contribution is 2.24. The molecule has 12 nitrogen and oxygen atoms in total. The van der Waals surface area contributed by atoms with E-state index in [-0.39, 0.29) is 5.56 Å². The fourth-order valence-corrected chi connectivity index (χ4v) is 5.00. The van der Waals surface area contributed by atoms with Gasteiger partial charge >= 0.3 is 0 Å². The predicted molar refractivity (Wildman–Crippen MR) is 239 cm³/mol. The number of nitrogens with one attached hydrogen (secondary N) is 2. The number of rotatable bonds is 4. The number of H-pyrrole nitrogens is 2. The van der Waals surface area contributed by atoms with Gasteiger partial charge in [-0.2, -0.15) is 0 Å². The molecule has 8 rings (SSSR count). The molecule has 0 radical (unpaired) electrons. The molecule has 56 heavy (non-hydrogen) atoms. The number of nitrogens with two attached hydrogens (primary N) is 6. The summed E-state index contributed by atoms with van der Waals surface area (Å²) in [5, 5.41) is 3.24. The van der Waals surface area contributed by atoms with E-state index in [1.807, 2.05) is 84.9 Å². The molecular formula is C44H61N11O. The molecule has 14 N–H and O–H groups in total. The Hall–Kier alpha value is -6.12. The minimum absolute atomic E-state index is 0.0773. The number of nitrogens with zero attached hydrogens (tertiary/aromatic N) is 3. The summed E-state index contributed by atoms with van der Waals surface area (Å²) in [4.78, 5) is 31.0. The van der Waals surface area contributed by atoms with Crippen LogP contribution in [0, 0.1) is 0 Å². The summed E-state index contributed by atoms with van der Waals surface area (Å²) in [6, 6.07) is 46.0. The number of hydrogen-bond donors (Lipinski definition) is 8. The Morgan fingerprint density at radius 2 is 0.839 bits per heavy atom. The van der Waals surface area contributed by atoms with Crippen LogP contribution in [-0.2, 0) is 12.8 Å². The lowest BCUT2D eigenvalue weighted by Crippen LogP contribution is -2.12. The third-order valence-electron chi connectivity index (χ3n) is 7.10. The molecule has 0 amide bonds. The maximum Gasteiger partial charge on any atom is 0.258 e. The van der Waals surface area contributed by atoms with Crippen LogP contribution in [0.2, 0.25) is 0 Å². The van der Waals surface area contributed by atoms with Crippen LogP contribution in [0.3, 0.4) is 0 Å². The molecule has 0 unspecified atom stereocenters. The summed E-state index contributed by atoms with van der Waals surface area (Å²) >= 11 is 0. The highest BCUT2D eigenvalue weighted by Gasteiger charge is 2.04. The first-order chi connectivity index (χ1) is 27.7. The first-order valence-corrected chi connectivity index (χ1v) is 18.0. The van der Waals surface area contributed by atoms with Gasteiger partial charge in [-0.25, -0.2) is 4.98 Å². The van der Waals surface area contributed by atoms with Gasteiger partial charge in [-0.1, -0.05) is 91.0 Å². The van der Waals surface area contributed by atoms with Crippen molar-refractivity contribution >= 4 is 32.7 Å². The molecule has 4 aromatic carbocycles. The Bertz CT molecular complexity index is 2070. The van der Waals surface area contributed by atoms with Gasteiger partial charge < -0.3 is 44.4 Å². The average molecular weight is 760 g/mol. The highest BCUT2D eigenvalue weighted by atomic mass is 16.1. The molecule has 12 heteroatoms. The zero-order valence-corrected chi connectivity index (χ0v) is 33.6. The first kappa shape index (κ1) is 49.9. The van der Waals surface area contributed by atoms with Crippen LogP contribution < -0.4 is 40.0 Å². The van der Waals surface area contributed by atoms with Gasteiger partial charge in [0.1, 0.15) is 5.82 Å². The summed E-state index contributed by atoms with van der Waals surface area (Å²) in [5.41, 5.74) is 33.3. The second-order valence-electron chi connectivity index (χ2n) is 10.2. The molecule has 4 aromatic heterocycles. The SMILES string of the molecule is CN.CN.CN.CN.CN.CN.O=c1[nH]c(Cc2ccccc2)nc2ccccc12.c1ccc(Cc2ccccn2)nc1.c1ccc2c(c1)[nH]c1ccccc12. The lowest BCUT2D eigenvalue weighted by molar-refractivity contribution is 0.973. The third kappa shape index (κ3) is 16.9. The lowest BCUT2D eigenvalue weighted by Gasteiger charge is -2.03. The number of aromatic amines is 2. The second kappa shape index (κ2) is 32.3. The zero-order valence-electron chi connectivity index (χ0n) is 33.6. The van der Waals surface area contributed by atoms with Gasteiger partial charge in [0.15, 0.2) is 0 Å². The quantitative estimate of drug-likeness (QED) is 0.114. The molecule has 0 saturated heterocycles. The van der Waals surface area contributed by atoms with Gasteiger partial charge in [0, 0.05) is 58.4 Å². The standard InChI is InChI=1S/C15H12N2O.C12H9N.C11H10N2.6CH5N/c18-15-12-8-4-5-9-13(12)16-14(17-15)10-11-6-2-1-3-7-11;1-3-7-11-9(5-1)10-6-2-4-8-12(10)13-11;1-3-7-12-10(5-1)9-11-6-2-4-8-13-11;6*1-2/h1-9H,10H2,(H,16,17,18);1-8,13H;1-8H,9H2;6*2H2,1H3. The van der Waals surface area contributed by atoms with Gasteiger partial charge in [0.25, 0.3) is 5.56 Å². The van der Waals surface area contributed by atoms with Gasteiger partial charge in [0.05, 0.1) is 10.9 Å². The molecule has 0 bridgehead atoms. The summed E-state index contributed by atoms with van der Waals surface area (Å²) in [5.74, 6) is 0.699. The van der Waals surface area contributed by atoms with E-state index in [4.69, 9.17) is 0 Å². The summed E-state index contributed by atoms with van der Waals surface area (Å²) in [6.45, 7) is 0. The fourth-order valence-electron chi connectivity index (χ4n) is 5.00. The number of para-hydroxylation sites is 3. The van der Waals surface area contributed by atoms with E-state index < -0.39 is 0 Å². The van der Waals surface area contributed by atoms with E-state index in [1.165, 1.54) is 64.1 Å². The van der Waals surface area contributed by atoms with Crippen molar-refractivity contribution in [3.05, 3.63) is 185 Å². The van der Waals surface area contributed by atoms with E-state index in [9.17, 15) is 4.79 Å². The number of fused-ring (bicyclic) bond motifs is 4. The topological polar surface area (TPSA) is 243 Å². The van der Waals surface area contributed by atoms with Crippen LogP contribution in [-0.4, -0.2) is 67.2 Å². The number of aromatic nitrogens is 5. The molecule has 0 aliphatic rings. The lowest BCUT2D eigenvalue weighted by atomic mass is 10.1. The van der Waals surface area contributed by atoms with E-state index in [1.54, 1.807) is 18.5 Å². The maximum atomic E-state index is 11.9. The predicted octanol–water partition coefficient (Wildman–Crippen LogP) is 5.35. The second-order valence-corrected chi connectivity index (χ2v) is 10.2.